The number of hydrogen-bond donors (Lipinski definition) is 1. The van der Waals surface area contributed by atoms with Gasteiger partial charge in [0.25, 0.3) is 0 Å². The van der Waals surface area contributed by atoms with Gasteiger partial charge in [-0.3, -0.25) is 4.79 Å². The molecule has 0 saturated carbocycles. The zero-order valence-corrected chi connectivity index (χ0v) is 8.43. The molecular weight excluding hydrogens is 192 g/mol. The van der Waals surface area contributed by atoms with Crippen molar-refractivity contribution < 1.29 is 14.6 Å². The molecule has 3 nitrogen and oxygen atoms in total. The van der Waals surface area contributed by atoms with E-state index in [1.165, 1.54) is 0 Å². The standard InChI is InChI=1S/C12H12O3/c1-12(8-11(13)14)7-6-9-4-2-3-5-10(9)15-12/h2-7H,8H2,1H3,(H,13,14)/t12-/m1/s1. The Balaban J connectivity index is 2.28. The van der Waals surface area contributed by atoms with Gasteiger partial charge in [0.05, 0.1) is 6.42 Å². The molecule has 1 aliphatic rings. The van der Waals surface area contributed by atoms with Crippen LogP contribution in [0, 0.1) is 0 Å². The van der Waals surface area contributed by atoms with Crippen molar-refractivity contribution in [3.63, 3.8) is 0 Å². The van der Waals surface area contributed by atoms with E-state index in [0.29, 0.717) is 0 Å². The fraction of sp³-hybridized carbons (Fsp3) is 0.250. The maximum Gasteiger partial charge on any atom is 0.307 e. The van der Waals surface area contributed by atoms with Gasteiger partial charge in [0.1, 0.15) is 11.4 Å². The van der Waals surface area contributed by atoms with E-state index in [0.717, 1.165) is 11.3 Å². The minimum atomic E-state index is -0.860. The molecule has 1 N–H and O–H groups in total. The van der Waals surface area contributed by atoms with Crippen LogP contribution in [-0.2, 0) is 4.79 Å². The number of carboxylic acid groups (broad SMARTS) is 1. The first-order valence-electron chi connectivity index (χ1n) is 4.78. The van der Waals surface area contributed by atoms with Gasteiger partial charge in [-0.1, -0.05) is 24.3 Å². The Morgan fingerprint density at radius 1 is 1.47 bits per heavy atom. The summed E-state index contributed by atoms with van der Waals surface area (Å²) in [4.78, 5) is 10.7. The molecular formula is C12H12O3. The monoisotopic (exact) mass is 204 g/mol. The van der Waals surface area contributed by atoms with E-state index in [-0.39, 0.29) is 6.42 Å². The van der Waals surface area contributed by atoms with E-state index >= 15 is 0 Å². The molecule has 0 saturated heterocycles. The predicted octanol–water partition coefficient (Wildman–Crippen LogP) is 2.33. The third kappa shape index (κ3) is 2.01. The third-order valence-corrected chi connectivity index (χ3v) is 2.38. The molecule has 1 aromatic rings. The highest BCUT2D eigenvalue weighted by Crippen LogP contribution is 2.32. The SMILES string of the molecule is C[C@]1(CC(=O)O)C=Cc2ccccc2O1. The van der Waals surface area contributed by atoms with Crippen LogP contribution in [0.5, 0.6) is 5.75 Å². The number of ether oxygens (including phenoxy) is 1. The fourth-order valence-electron chi connectivity index (χ4n) is 1.66. The number of aliphatic carboxylic acids is 1. The van der Waals surface area contributed by atoms with Gasteiger partial charge in [0.15, 0.2) is 0 Å². The molecule has 0 fully saturated rings. The molecule has 1 aliphatic heterocycles. The number of para-hydroxylation sites is 1. The Hall–Kier alpha value is -1.77. The van der Waals surface area contributed by atoms with Crippen molar-refractivity contribution in [2.45, 2.75) is 18.9 Å². The van der Waals surface area contributed by atoms with E-state index in [4.69, 9.17) is 9.84 Å². The number of benzene rings is 1. The van der Waals surface area contributed by atoms with Crippen molar-refractivity contribution in [3.05, 3.63) is 35.9 Å². The van der Waals surface area contributed by atoms with Crippen molar-refractivity contribution >= 4 is 12.0 Å². The van der Waals surface area contributed by atoms with Gasteiger partial charge in [0, 0.05) is 5.56 Å². The molecule has 78 valence electrons. The third-order valence-electron chi connectivity index (χ3n) is 2.38. The van der Waals surface area contributed by atoms with Gasteiger partial charge in [-0.25, -0.2) is 0 Å². The van der Waals surface area contributed by atoms with Crippen LogP contribution in [0.1, 0.15) is 18.9 Å². The quantitative estimate of drug-likeness (QED) is 0.804. The van der Waals surface area contributed by atoms with Crippen LogP contribution < -0.4 is 4.74 Å². The summed E-state index contributed by atoms with van der Waals surface area (Å²) in [5.74, 6) is -0.120. The van der Waals surface area contributed by atoms with Gasteiger partial charge in [0.2, 0.25) is 0 Å². The van der Waals surface area contributed by atoms with Crippen molar-refractivity contribution in [2.24, 2.45) is 0 Å². The Morgan fingerprint density at radius 2 is 2.20 bits per heavy atom. The number of hydrogen-bond acceptors (Lipinski definition) is 2. The normalized spacial score (nSPS) is 23.0. The second-order valence-corrected chi connectivity index (χ2v) is 3.86. The molecule has 2 rings (SSSR count). The molecule has 15 heavy (non-hydrogen) atoms. The number of carboxylic acids is 1. The highest BCUT2D eigenvalue weighted by molar-refractivity contribution is 5.70. The topological polar surface area (TPSA) is 46.5 Å². The highest BCUT2D eigenvalue weighted by atomic mass is 16.5. The van der Waals surface area contributed by atoms with Crippen LogP contribution >= 0.6 is 0 Å². The van der Waals surface area contributed by atoms with Gasteiger partial charge >= 0.3 is 5.97 Å². The smallest absolute Gasteiger partial charge is 0.307 e. The summed E-state index contributed by atoms with van der Waals surface area (Å²) in [5.41, 5.74) is 0.251. The average molecular weight is 204 g/mol. The Kier molecular flexibility index (Phi) is 2.23. The summed E-state index contributed by atoms with van der Waals surface area (Å²) in [7, 11) is 0. The number of rotatable bonds is 2. The van der Waals surface area contributed by atoms with Gasteiger partial charge in [-0.2, -0.15) is 0 Å². The molecule has 0 aliphatic carbocycles. The fourth-order valence-corrected chi connectivity index (χ4v) is 1.66. The predicted molar refractivity (Wildman–Crippen MR) is 56.8 cm³/mol. The Labute approximate surface area is 88.0 Å². The molecule has 0 spiro atoms. The van der Waals surface area contributed by atoms with E-state index in [1.807, 2.05) is 30.3 Å². The summed E-state index contributed by atoms with van der Waals surface area (Å²) in [5, 5.41) is 8.77. The maximum absolute atomic E-state index is 10.7. The van der Waals surface area contributed by atoms with Crippen LogP contribution in [-0.4, -0.2) is 16.7 Å². The van der Waals surface area contributed by atoms with Gasteiger partial charge in [-0.15, -0.1) is 0 Å². The molecule has 0 amide bonds. The van der Waals surface area contributed by atoms with Crippen LogP contribution in [0.3, 0.4) is 0 Å². The molecule has 0 radical (unpaired) electrons. The van der Waals surface area contributed by atoms with E-state index in [2.05, 4.69) is 0 Å². The summed E-state index contributed by atoms with van der Waals surface area (Å²) < 4.78 is 5.66. The van der Waals surface area contributed by atoms with Crippen molar-refractivity contribution in [2.75, 3.05) is 0 Å². The molecule has 1 heterocycles. The molecule has 0 unspecified atom stereocenters. The molecule has 3 heteroatoms. The largest absolute Gasteiger partial charge is 0.482 e. The molecule has 1 aromatic carbocycles. The molecule has 0 bridgehead atoms. The summed E-state index contributed by atoms with van der Waals surface area (Å²) in [6.07, 6.45) is 3.67. The summed E-state index contributed by atoms with van der Waals surface area (Å²) in [6.45, 7) is 1.77. The first-order valence-corrected chi connectivity index (χ1v) is 4.78. The van der Waals surface area contributed by atoms with Gasteiger partial charge in [-0.05, 0) is 19.1 Å². The molecule has 1 atom stereocenters. The minimum absolute atomic E-state index is 0.0299. The number of carbonyl (C=O) groups is 1. The van der Waals surface area contributed by atoms with Crippen molar-refractivity contribution in [1.29, 1.82) is 0 Å². The Bertz CT molecular complexity index is 423. The summed E-state index contributed by atoms with van der Waals surface area (Å²) in [6, 6.07) is 7.58. The lowest BCUT2D eigenvalue weighted by Crippen LogP contribution is -2.34. The lowest BCUT2D eigenvalue weighted by molar-refractivity contribution is -0.140. The van der Waals surface area contributed by atoms with Crippen molar-refractivity contribution in [1.82, 2.24) is 0 Å². The van der Waals surface area contributed by atoms with E-state index in [1.54, 1.807) is 13.0 Å². The number of fused-ring (bicyclic) bond motifs is 1. The second kappa shape index (κ2) is 3.42. The highest BCUT2D eigenvalue weighted by Gasteiger charge is 2.29. The lowest BCUT2D eigenvalue weighted by atomic mass is 9.97. The van der Waals surface area contributed by atoms with Crippen molar-refractivity contribution in [3.8, 4) is 5.75 Å². The maximum atomic E-state index is 10.7. The van der Waals surface area contributed by atoms with Crippen LogP contribution in [0.25, 0.3) is 6.08 Å². The van der Waals surface area contributed by atoms with E-state index in [9.17, 15) is 4.79 Å². The van der Waals surface area contributed by atoms with Crippen LogP contribution in [0.4, 0.5) is 0 Å². The average Bonchev–Trinajstić information content (AvgIpc) is 2.15. The van der Waals surface area contributed by atoms with Gasteiger partial charge < -0.3 is 9.84 Å². The molecule has 0 aromatic heterocycles. The Morgan fingerprint density at radius 3 is 2.93 bits per heavy atom. The zero-order valence-electron chi connectivity index (χ0n) is 8.43. The van der Waals surface area contributed by atoms with E-state index < -0.39 is 11.6 Å². The zero-order chi connectivity index (χ0) is 10.9. The van der Waals surface area contributed by atoms with Crippen LogP contribution in [0.15, 0.2) is 30.3 Å². The lowest BCUT2D eigenvalue weighted by Gasteiger charge is -2.30. The first-order chi connectivity index (χ1) is 7.09. The second-order valence-electron chi connectivity index (χ2n) is 3.86. The minimum Gasteiger partial charge on any atom is -0.482 e. The first kappa shape index (κ1) is 9.77. The summed E-state index contributed by atoms with van der Waals surface area (Å²) >= 11 is 0. The van der Waals surface area contributed by atoms with Crippen LogP contribution in [0.2, 0.25) is 0 Å².